The van der Waals surface area contributed by atoms with E-state index in [2.05, 4.69) is 29.1 Å². The Morgan fingerprint density at radius 1 is 1.27 bits per heavy atom. The van der Waals surface area contributed by atoms with Crippen molar-refractivity contribution in [3.63, 3.8) is 0 Å². The highest BCUT2D eigenvalue weighted by atomic mass is 32.1. The predicted octanol–water partition coefficient (Wildman–Crippen LogP) is 1.87. The highest BCUT2D eigenvalue weighted by Crippen LogP contribution is 2.13. The number of hydrogen-bond acceptors (Lipinski definition) is 2. The van der Waals surface area contributed by atoms with Crippen LogP contribution in [0.25, 0.3) is 5.69 Å². The number of aliphatic hydroxyl groups is 1. The number of para-hydroxylation sites is 1. The van der Waals surface area contributed by atoms with E-state index < -0.39 is 0 Å². The molecule has 0 radical (unpaired) electrons. The highest BCUT2D eigenvalue weighted by Gasteiger charge is 2.16. The lowest BCUT2D eigenvalue weighted by atomic mass is 10.2. The van der Waals surface area contributed by atoms with E-state index in [-0.39, 0.29) is 6.61 Å². The third-order valence-electron chi connectivity index (χ3n) is 2.44. The van der Waals surface area contributed by atoms with Crippen LogP contribution in [0.5, 0.6) is 0 Å². The molecule has 0 spiro atoms. The van der Waals surface area contributed by atoms with Crippen molar-refractivity contribution >= 4 is 11.3 Å². The van der Waals surface area contributed by atoms with E-state index in [1.807, 2.05) is 18.2 Å². The Hall–Kier alpha value is -1.19. The molecule has 0 aliphatic carbocycles. The molecule has 1 N–H and O–H groups in total. The van der Waals surface area contributed by atoms with Crippen molar-refractivity contribution in [2.24, 2.45) is 0 Å². The maximum absolute atomic E-state index is 8.92. The van der Waals surface area contributed by atoms with Crippen LogP contribution in [-0.4, -0.2) is 11.7 Å². The highest BCUT2D eigenvalue weighted by molar-refractivity contribution is 7.09. The summed E-state index contributed by atoms with van der Waals surface area (Å²) in [6.45, 7) is 2.31. The largest absolute Gasteiger partial charge is 0.396 e. The fourth-order valence-corrected chi connectivity index (χ4v) is 2.59. The van der Waals surface area contributed by atoms with Crippen LogP contribution in [0.1, 0.15) is 10.6 Å². The second-order valence-corrected chi connectivity index (χ2v) is 4.35. The van der Waals surface area contributed by atoms with Crippen LogP contribution in [0, 0.1) is 6.92 Å². The molecule has 0 unspecified atom stereocenters. The second kappa shape index (κ2) is 4.55. The Kier molecular flexibility index (Phi) is 3.14. The third-order valence-corrected chi connectivity index (χ3v) is 3.54. The molecule has 1 aromatic heterocycles. The van der Waals surface area contributed by atoms with Gasteiger partial charge in [-0.1, -0.05) is 29.5 Å². The third kappa shape index (κ3) is 2.08. The van der Waals surface area contributed by atoms with Crippen LogP contribution in [0.3, 0.4) is 0 Å². The van der Waals surface area contributed by atoms with E-state index in [0.717, 1.165) is 6.42 Å². The Morgan fingerprint density at radius 2 is 2.00 bits per heavy atom. The predicted molar refractivity (Wildman–Crippen MR) is 61.4 cm³/mol. The number of rotatable bonds is 3. The molecule has 1 aromatic carbocycles. The van der Waals surface area contributed by atoms with Crippen molar-refractivity contribution in [1.29, 1.82) is 0 Å². The van der Waals surface area contributed by atoms with Crippen LogP contribution < -0.4 is 4.57 Å². The minimum atomic E-state index is 0.218. The van der Waals surface area contributed by atoms with Gasteiger partial charge in [0.2, 0.25) is 11.2 Å². The van der Waals surface area contributed by atoms with Crippen LogP contribution >= 0.6 is 11.3 Å². The summed E-state index contributed by atoms with van der Waals surface area (Å²) in [6.07, 6.45) is 0.746. The zero-order valence-electron chi connectivity index (χ0n) is 8.68. The summed E-state index contributed by atoms with van der Waals surface area (Å²) in [5, 5.41) is 8.92. The van der Waals surface area contributed by atoms with Gasteiger partial charge in [-0.2, -0.15) is 4.57 Å². The number of benzene rings is 1. The van der Waals surface area contributed by atoms with Crippen LogP contribution in [0.15, 0.2) is 35.8 Å². The molecule has 0 saturated heterocycles. The minimum Gasteiger partial charge on any atom is -0.396 e. The summed E-state index contributed by atoms with van der Waals surface area (Å²) < 4.78 is 2.16. The molecule has 0 fully saturated rings. The topological polar surface area (TPSA) is 24.1 Å². The number of aromatic nitrogens is 1. The minimum absolute atomic E-state index is 0.218. The molecule has 0 amide bonds. The van der Waals surface area contributed by atoms with Crippen molar-refractivity contribution in [3.05, 3.63) is 46.4 Å². The Balaban J connectivity index is 2.38. The Labute approximate surface area is 93.4 Å². The van der Waals surface area contributed by atoms with Crippen LogP contribution in [0.4, 0.5) is 0 Å². The van der Waals surface area contributed by atoms with E-state index in [9.17, 15) is 0 Å². The molecule has 15 heavy (non-hydrogen) atoms. The van der Waals surface area contributed by atoms with Gasteiger partial charge >= 0.3 is 0 Å². The molecule has 2 rings (SSSR count). The van der Waals surface area contributed by atoms with Gasteiger partial charge in [-0.05, 0) is 0 Å². The van der Waals surface area contributed by atoms with Crippen molar-refractivity contribution in [1.82, 2.24) is 0 Å². The molecular formula is C12H14NOS+. The van der Waals surface area contributed by atoms with Gasteiger partial charge in [0.05, 0.1) is 4.88 Å². The van der Waals surface area contributed by atoms with Gasteiger partial charge in [-0.25, -0.2) is 0 Å². The van der Waals surface area contributed by atoms with Crippen molar-refractivity contribution < 1.29 is 9.67 Å². The van der Waals surface area contributed by atoms with E-state index >= 15 is 0 Å². The van der Waals surface area contributed by atoms with Gasteiger partial charge in [0.15, 0.2) is 5.69 Å². The van der Waals surface area contributed by atoms with Crippen LogP contribution in [-0.2, 0) is 6.42 Å². The second-order valence-electron chi connectivity index (χ2n) is 3.41. The zero-order valence-corrected chi connectivity index (χ0v) is 9.50. The average Bonchev–Trinajstić information content (AvgIpc) is 2.63. The van der Waals surface area contributed by atoms with Gasteiger partial charge in [0.1, 0.15) is 0 Å². The summed E-state index contributed by atoms with van der Waals surface area (Å²) in [5.74, 6) is 0. The molecule has 0 saturated carbocycles. The Morgan fingerprint density at radius 3 is 2.67 bits per heavy atom. The Bertz CT molecular complexity index is 436. The molecule has 2 aromatic rings. The van der Waals surface area contributed by atoms with Gasteiger partial charge in [0, 0.05) is 32.1 Å². The van der Waals surface area contributed by atoms with Gasteiger partial charge in [0.25, 0.3) is 0 Å². The lowest BCUT2D eigenvalue weighted by molar-refractivity contribution is -0.597. The number of thiazole rings is 1. The monoisotopic (exact) mass is 220 g/mol. The smallest absolute Gasteiger partial charge is 0.231 e. The first-order valence-corrected chi connectivity index (χ1v) is 5.86. The lowest BCUT2D eigenvalue weighted by Gasteiger charge is -1.94. The number of hydrogen-bond donors (Lipinski definition) is 1. The van der Waals surface area contributed by atoms with Gasteiger partial charge in [-0.3, -0.25) is 0 Å². The standard InChI is InChI=1S/C12H14NOS/c1-10-12(7-8-14)15-9-13(10)11-5-3-2-4-6-11/h2-6,9,14H,7-8H2,1H3/q+1. The molecule has 3 heteroatoms. The molecule has 0 aliphatic heterocycles. The summed E-state index contributed by atoms with van der Waals surface area (Å²) >= 11 is 1.70. The van der Waals surface area contributed by atoms with Gasteiger partial charge in [-0.15, -0.1) is 0 Å². The maximum atomic E-state index is 8.92. The fraction of sp³-hybridized carbons (Fsp3) is 0.250. The molecule has 0 atom stereocenters. The lowest BCUT2D eigenvalue weighted by Crippen LogP contribution is -2.31. The summed E-state index contributed by atoms with van der Waals surface area (Å²) in [5.41, 5.74) is 4.49. The first-order chi connectivity index (χ1) is 7.33. The van der Waals surface area contributed by atoms with E-state index in [4.69, 9.17) is 5.11 Å². The number of nitrogens with zero attached hydrogens (tertiary/aromatic N) is 1. The maximum Gasteiger partial charge on any atom is 0.231 e. The van der Waals surface area contributed by atoms with Crippen LogP contribution in [0.2, 0.25) is 0 Å². The van der Waals surface area contributed by atoms with E-state index in [1.165, 1.54) is 16.3 Å². The first-order valence-electron chi connectivity index (χ1n) is 4.98. The summed E-state index contributed by atoms with van der Waals surface area (Å²) in [4.78, 5) is 1.25. The fourth-order valence-electron chi connectivity index (χ4n) is 1.60. The molecule has 1 heterocycles. The van der Waals surface area contributed by atoms with E-state index in [1.54, 1.807) is 11.3 Å². The van der Waals surface area contributed by atoms with Crippen molar-refractivity contribution in [2.75, 3.05) is 6.61 Å². The quantitative estimate of drug-likeness (QED) is 0.784. The van der Waals surface area contributed by atoms with Crippen molar-refractivity contribution in [2.45, 2.75) is 13.3 Å². The van der Waals surface area contributed by atoms with E-state index in [0.29, 0.717) is 0 Å². The summed E-state index contributed by atoms with van der Waals surface area (Å²) in [6, 6.07) is 10.3. The molecule has 2 nitrogen and oxygen atoms in total. The van der Waals surface area contributed by atoms with Crippen molar-refractivity contribution in [3.8, 4) is 5.69 Å². The first kappa shape index (κ1) is 10.3. The van der Waals surface area contributed by atoms with Gasteiger partial charge < -0.3 is 5.11 Å². The zero-order chi connectivity index (χ0) is 10.7. The average molecular weight is 220 g/mol. The molecule has 0 bridgehead atoms. The normalized spacial score (nSPS) is 10.5. The summed E-state index contributed by atoms with van der Waals surface area (Å²) in [7, 11) is 0. The number of aliphatic hydroxyl groups excluding tert-OH is 1. The SMILES string of the molecule is Cc1c(CCO)sc[n+]1-c1ccccc1. The molecular weight excluding hydrogens is 206 g/mol. The molecule has 0 aliphatic rings. The molecule has 78 valence electrons.